The van der Waals surface area contributed by atoms with E-state index in [-0.39, 0.29) is 24.8 Å². The molecule has 5 heteroatoms. The van der Waals surface area contributed by atoms with Crippen LogP contribution in [0.1, 0.15) is 38.9 Å². The molecule has 1 atom stereocenters. The fourth-order valence-electron chi connectivity index (χ4n) is 2.23. The van der Waals surface area contributed by atoms with Crippen LogP contribution in [-0.2, 0) is 14.3 Å². The van der Waals surface area contributed by atoms with Crippen LogP contribution in [0, 0.1) is 5.92 Å². The Labute approximate surface area is 131 Å². The molecule has 5 nitrogen and oxygen atoms in total. The predicted octanol–water partition coefficient (Wildman–Crippen LogP) is 2.72. The Balaban J connectivity index is 2.93. The summed E-state index contributed by atoms with van der Waals surface area (Å²) in [5.41, 5.74) is 0.790. The lowest BCUT2D eigenvalue weighted by Crippen LogP contribution is -2.40. The summed E-state index contributed by atoms with van der Waals surface area (Å²) in [6, 6.07) is 9.30. The highest BCUT2D eigenvalue weighted by atomic mass is 16.5. The van der Waals surface area contributed by atoms with Gasteiger partial charge in [-0.05, 0) is 18.4 Å². The Hall–Kier alpha value is -1.88. The summed E-state index contributed by atoms with van der Waals surface area (Å²) in [6.07, 6.45) is -0.745. The monoisotopic (exact) mass is 307 g/mol. The number of nitrogens with zero attached hydrogens (tertiary/aromatic N) is 1. The summed E-state index contributed by atoms with van der Waals surface area (Å²) in [4.78, 5) is 25.2. The zero-order valence-corrected chi connectivity index (χ0v) is 13.5. The van der Waals surface area contributed by atoms with Gasteiger partial charge in [0.05, 0.1) is 6.42 Å². The first-order valence-corrected chi connectivity index (χ1v) is 7.62. The first kappa shape index (κ1) is 18.2. The van der Waals surface area contributed by atoms with Gasteiger partial charge in [-0.2, -0.15) is 0 Å². The first-order valence-electron chi connectivity index (χ1n) is 7.62. The molecule has 0 saturated carbocycles. The van der Waals surface area contributed by atoms with E-state index in [0.717, 1.165) is 5.56 Å². The van der Waals surface area contributed by atoms with Gasteiger partial charge in [-0.3, -0.25) is 9.59 Å². The van der Waals surface area contributed by atoms with Crippen molar-refractivity contribution in [3.05, 3.63) is 35.9 Å². The second kappa shape index (κ2) is 9.20. The van der Waals surface area contributed by atoms with E-state index in [1.54, 1.807) is 4.90 Å². The Bertz CT molecular complexity index is 473. The number of aliphatic carboxylic acids is 1. The molecule has 1 aromatic carbocycles. The zero-order chi connectivity index (χ0) is 16.5. The van der Waals surface area contributed by atoms with Crippen molar-refractivity contribution in [2.24, 2.45) is 5.92 Å². The summed E-state index contributed by atoms with van der Waals surface area (Å²) < 4.78 is 5.62. The van der Waals surface area contributed by atoms with E-state index < -0.39 is 12.1 Å². The molecule has 0 aliphatic heterocycles. The molecular formula is C17H25NO4. The van der Waals surface area contributed by atoms with Crippen molar-refractivity contribution in [3.63, 3.8) is 0 Å². The number of carbonyl (C=O) groups excluding carboxylic acids is 1. The quantitative estimate of drug-likeness (QED) is 0.761. The Morgan fingerprint density at radius 3 is 2.36 bits per heavy atom. The van der Waals surface area contributed by atoms with Crippen molar-refractivity contribution in [2.45, 2.75) is 33.3 Å². The van der Waals surface area contributed by atoms with Crippen molar-refractivity contribution in [1.29, 1.82) is 0 Å². The first-order chi connectivity index (χ1) is 10.5. The SMILES string of the molecule is CCOC(C(=O)N(CCC(=O)O)CC(C)C)c1ccccc1. The number of rotatable bonds is 9. The standard InChI is InChI=1S/C17H25NO4/c1-4-22-16(14-8-6-5-7-9-14)17(21)18(12-13(2)3)11-10-15(19)20/h5-9,13,16H,4,10-12H2,1-3H3,(H,19,20). The van der Waals surface area contributed by atoms with Gasteiger partial charge >= 0.3 is 5.97 Å². The molecule has 0 fully saturated rings. The fourth-order valence-corrected chi connectivity index (χ4v) is 2.23. The summed E-state index contributed by atoms with van der Waals surface area (Å²) in [5, 5.41) is 8.87. The Kier molecular flexibility index (Phi) is 7.60. The van der Waals surface area contributed by atoms with E-state index in [1.165, 1.54) is 0 Å². The summed E-state index contributed by atoms with van der Waals surface area (Å²) in [5.74, 6) is -0.826. The minimum atomic E-state index is -0.908. The summed E-state index contributed by atoms with van der Waals surface area (Å²) in [6.45, 7) is 6.97. The third-order valence-electron chi connectivity index (χ3n) is 3.15. The lowest BCUT2D eigenvalue weighted by molar-refractivity contribution is -0.146. The van der Waals surface area contributed by atoms with Crippen LogP contribution in [0.3, 0.4) is 0 Å². The van der Waals surface area contributed by atoms with E-state index >= 15 is 0 Å². The largest absolute Gasteiger partial charge is 0.481 e. The number of carboxylic acids is 1. The van der Waals surface area contributed by atoms with E-state index in [0.29, 0.717) is 13.2 Å². The molecule has 1 aromatic rings. The molecule has 1 unspecified atom stereocenters. The number of benzene rings is 1. The lowest BCUT2D eigenvalue weighted by Gasteiger charge is -2.28. The third kappa shape index (κ3) is 5.85. The molecule has 1 rings (SSSR count). The van der Waals surface area contributed by atoms with Gasteiger partial charge in [0.25, 0.3) is 5.91 Å². The minimum Gasteiger partial charge on any atom is -0.481 e. The lowest BCUT2D eigenvalue weighted by atomic mass is 10.1. The van der Waals surface area contributed by atoms with Crippen LogP contribution < -0.4 is 0 Å². The third-order valence-corrected chi connectivity index (χ3v) is 3.15. The number of hydrogen-bond acceptors (Lipinski definition) is 3. The number of hydrogen-bond donors (Lipinski definition) is 1. The maximum Gasteiger partial charge on any atom is 0.305 e. The van der Waals surface area contributed by atoms with Gasteiger partial charge in [-0.25, -0.2) is 0 Å². The van der Waals surface area contributed by atoms with Gasteiger partial charge < -0.3 is 14.7 Å². The van der Waals surface area contributed by atoms with Gasteiger partial charge in [-0.1, -0.05) is 44.2 Å². The molecule has 0 aliphatic carbocycles. The Morgan fingerprint density at radius 2 is 1.86 bits per heavy atom. The second-order valence-electron chi connectivity index (χ2n) is 5.57. The zero-order valence-electron chi connectivity index (χ0n) is 13.5. The van der Waals surface area contributed by atoms with Gasteiger partial charge in [-0.15, -0.1) is 0 Å². The molecule has 0 bridgehead atoms. The molecule has 1 N–H and O–H groups in total. The van der Waals surface area contributed by atoms with Crippen LogP contribution in [-0.4, -0.2) is 41.6 Å². The van der Waals surface area contributed by atoms with Crippen LogP contribution >= 0.6 is 0 Å². The highest BCUT2D eigenvalue weighted by molar-refractivity contribution is 5.82. The van der Waals surface area contributed by atoms with Gasteiger partial charge in [0.2, 0.25) is 0 Å². The predicted molar refractivity (Wildman–Crippen MR) is 84.5 cm³/mol. The van der Waals surface area contributed by atoms with Crippen molar-refractivity contribution >= 4 is 11.9 Å². The van der Waals surface area contributed by atoms with Crippen molar-refractivity contribution in [3.8, 4) is 0 Å². The highest BCUT2D eigenvalue weighted by Crippen LogP contribution is 2.21. The average Bonchev–Trinajstić information content (AvgIpc) is 2.48. The molecule has 0 heterocycles. The number of carboxylic acid groups (broad SMARTS) is 1. The smallest absolute Gasteiger partial charge is 0.305 e. The van der Waals surface area contributed by atoms with E-state index in [9.17, 15) is 9.59 Å². The van der Waals surface area contributed by atoms with Crippen molar-refractivity contribution < 1.29 is 19.4 Å². The van der Waals surface area contributed by atoms with Crippen molar-refractivity contribution in [1.82, 2.24) is 4.90 Å². The number of amides is 1. The van der Waals surface area contributed by atoms with Gasteiger partial charge in [0.1, 0.15) is 0 Å². The molecule has 0 saturated heterocycles. The molecule has 0 aliphatic rings. The molecule has 1 amide bonds. The van der Waals surface area contributed by atoms with E-state index in [4.69, 9.17) is 9.84 Å². The van der Waals surface area contributed by atoms with E-state index in [1.807, 2.05) is 51.1 Å². The highest BCUT2D eigenvalue weighted by Gasteiger charge is 2.27. The van der Waals surface area contributed by atoms with Crippen LogP contribution in [0.15, 0.2) is 30.3 Å². The van der Waals surface area contributed by atoms with Crippen LogP contribution in [0.4, 0.5) is 0 Å². The fraction of sp³-hybridized carbons (Fsp3) is 0.529. The normalized spacial score (nSPS) is 12.2. The topological polar surface area (TPSA) is 66.8 Å². The van der Waals surface area contributed by atoms with Crippen LogP contribution in [0.5, 0.6) is 0 Å². The molecule has 122 valence electrons. The van der Waals surface area contributed by atoms with Crippen molar-refractivity contribution in [2.75, 3.05) is 19.7 Å². The number of ether oxygens (including phenoxy) is 1. The maximum atomic E-state index is 12.8. The molecule has 0 radical (unpaired) electrons. The van der Waals surface area contributed by atoms with Crippen LogP contribution in [0.25, 0.3) is 0 Å². The van der Waals surface area contributed by atoms with Gasteiger partial charge in [0.15, 0.2) is 6.10 Å². The molecule has 0 spiro atoms. The summed E-state index contributed by atoms with van der Waals surface area (Å²) >= 11 is 0. The minimum absolute atomic E-state index is 0.0634. The van der Waals surface area contributed by atoms with E-state index in [2.05, 4.69) is 0 Å². The summed E-state index contributed by atoms with van der Waals surface area (Å²) in [7, 11) is 0. The number of carbonyl (C=O) groups is 2. The molecule has 22 heavy (non-hydrogen) atoms. The van der Waals surface area contributed by atoms with Gasteiger partial charge in [0, 0.05) is 19.7 Å². The van der Waals surface area contributed by atoms with Crippen LogP contribution in [0.2, 0.25) is 0 Å². The maximum absolute atomic E-state index is 12.8. The molecule has 0 aromatic heterocycles. The molecular weight excluding hydrogens is 282 g/mol. The Morgan fingerprint density at radius 1 is 1.23 bits per heavy atom. The average molecular weight is 307 g/mol. The second-order valence-corrected chi connectivity index (χ2v) is 5.57.